The first-order valence-electron chi connectivity index (χ1n) is 11.8. The summed E-state index contributed by atoms with van der Waals surface area (Å²) in [6.45, 7) is 3.64. The van der Waals surface area contributed by atoms with Crippen LogP contribution >= 0.6 is 0 Å². The van der Waals surface area contributed by atoms with Crippen LogP contribution in [0.2, 0.25) is 0 Å². The Labute approximate surface area is 212 Å². The van der Waals surface area contributed by atoms with Gasteiger partial charge in [0.2, 0.25) is 5.91 Å². The lowest BCUT2D eigenvalue weighted by atomic mass is 10.1. The summed E-state index contributed by atoms with van der Waals surface area (Å²) in [4.78, 5) is 39.1. The topological polar surface area (TPSA) is 112 Å². The molecule has 12 heteroatoms. The quantitative estimate of drug-likeness (QED) is 0.406. The van der Waals surface area contributed by atoms with Crippen LogP contribution in [0.4, 0.5) is 23.7 Å². The van der Waals surface area contributed by atoms with Crippen molar-refractivity contribution in [2.75, 3.05) is 38.6 Å². The summed E-state index contributed by atoms with van der Waals surface area (Å²) in [7, 11) is 1.60. The molecule has 1 saturated heterocycles. The molecule has 0 aromatic heterocycles. The van der Waals surface area contributed by atoms with Gasteiger partial charge in [-0.15, -0.1) is 0 Å². The zero-order valence-electron chi connectivity index (χ0n) is 20.6. The van der Waals surface area contributed by atoms with Crippen LogP contribution in [0.1, 0.15) is 34.8 Å². The third-order valence-electron chi connectivity index (χ3n) is 5.79. The van der Waals surface area contributed by atoms with Crippen LogP contribution in [0.5, 0.6) is 5.75 Å². The number of ether oxygens (including phenoxy) is 1. The van der Waals surface area contributed by atoms with Crippen LogP contribution in [0.15, 0.2) is 42.5 Å². The Kier molecular flexibility index (Phi) is 9.34. The van der Waals surface area contributed by atoms with Crippen molar-refractivity contribution in [1.29, 1.82) is 0 Å². The number of alkyl halides is 3. The van der Waals surface area contributed by atoms with E-state index in [0.29, 0.717) is 19.2 Å². The summed E-state index contributed by atoms with van der Waals surface area (Å²) in [5.41, 5.74) is -0.452. The van der Waals surface area contributed by atoms with Crippen molar-refractivity contribution in [3.8, 4) is 5.75 Å². The number of likely N-dealkylation sites (tertiary alicyclic amines) is 1. The molecule has 2 aromatic rings. The molecule has 4 amide bonds. The van der Waals surface area contributed by atoms with E-state index in [9.17, 15) is 27.6 Å². The largest absolute Gasteiger partial charge is 0.497 e. The molecule has 4 N–H and O–H groups in total. The summed E-state index contributed by atoms with van der Waals surface area (Å²) in [5.74, 6) is -0.606. The second kappa shape index (κ2) is 12.4. The average molecular weight is 522 g/mol. The van der Waals surface area contributed by atoms with Gasteiger partial charge in [-0.3, -0.25) is 14.5 Å². The molecule has 9 nitrogen and oxygen atoms in total. The first kappa shape index (κ1) is 27.8. The molecular weight excluding hydrogens is 491 g/mol. The van der Waals surface area contributed by atoms with Gasteiger partial charge in [0.25, 0.3) is 5.91 Å². The third kappa shape index (κ3) is 8.10. The highest BCUT2D eigenvalue weighted by Gasteiger charge is 2.32. The van der Waals surface area contributed by atoms with Crippen LogP contribution in [-0.4, -0.2) is 62.1 Å². The number of nitrogens with zero attached hydrogens (tertiary/aromatic N) is 1. The zero-order valence-corrected chi connectivity index (χ0v) is 20.6. The van der Waals surface area contributed by atoms with Crippen molar-refractivity contribution in [3.05, 3.63) is 59.2 Å². The molecule has 0 bridgehead atoms. The minimum absolute atomic E-state index is 0.109. The van der Waals surface area contributed by atoms with E-state index < -0.39 is 41.7 Å². The zero-order chi connectivity index (χ0) is 27.0. The normalized spacial score (nSPS) is 15.6. The molecule has 2 aromatic carbocycles. The smallest absolute Gasteiger partial charge is 0.416 e. The van der Waals surface area contributed by atoms with E-state index in [4.69, 9.17) is 4.74 Å². The number of carbonyl (C=O) groups is 3. The maximum Gasteiger partial charge on any atom is 0.416 e. The molecule has 1 atom stereocenters. The summed E-state index contributed by atoms with van der Waals surface area (Å²) in [6.07, 6.45) is -3.96. The van der Waals surface area contributed by atoms with Gasteiger partial charge in [0.1, 0.15) is 5.75 Å². The highest BCUT2D eigenvalue weighted by Crippen LogP contribution is 2.32. The van der Waals surface area contributed by atoms with Crippen molar-refractivity contribution < 1.29 is 32.3 Å². The fourth-order valence-electron chi connectivity index (χ4n) is 3.96. The standard InChI is InChI=1S/C25H30F3N5O4/c1-3-29-24(36)32-21-9-6-17(25(26,27)28)12-20(21)23(35)30-13-22(34)31-18-10-11-33(15-18)14-16-4-7-19(37-2)8-5-16/h4-9,12,18H,3,10-11,13-15H2,1-2H3,(H,30,35)(H,31,34)(H2,29,32,36)/t18-/m1/s1. The SMILES string of the molecule is CCNC(=O)Nc1ccc(C(F)(F)F)cc1C(=O)NCC(=O)N[C@@H]1CCN(Cc2ccc(OC)cc2)C1. The molecule has 0 saturated carbocycles. The van der Waals surface area contributed by atoms with Gasteiger partial charge in [0.15, 0.2) is 0 Å². The Balaban J connectivity index is 1.55. The van der Waals surface area contributed by atoms with Gasteiger partial charge in [-0.2, -0.15) is 13.2 Å². The number of nitrogens with one attached hydrogen (secondary N) is 4. The van der Waals surface area contributed by atoms with Gasteiger partial charge in [-0.05, 0) is 49.2 Å². The summed E-state index contributed by atoms with van der Waals surface area (Å²) < 4.78 is 44.7. The lowest BCUT2D eigenvalue weighted by Gasteiger charge is -2.17. The Morgan fingerprint density at radius 3 is 2.46 bits per heavy atom. The molecule has 1 fully saturated rings. The van der Waals surface area contributed by atoms with Crippen LogP contribution < -0.4 is 26.0 Å². The second-order valence-corrected chi connectivity index (χ2v) is 8.56. The molecule has 1 aliphatic rings. The summed E-state index contributed by atoms with van der Waals surface area (Å²) in [6, 6.07) is 9.34. The molecule has 1 aliphatic heterocycles. The maximum atomic E-state index is 13.2. The van der Waals surface area contributed by atoms with Gasteiger partial charge < -0.3 is 26.0 Å². The number of hydrogen-bond acceptors (Lipinski definition) is 5. The number of halogens is 3. The molecule has 37 heavy (non-hydrogen) atoms. The van der Waals surface area contributed by atoms with Crippen molar-refractivity contribution >= 4 is 23.5 Å². The first-order valence-corrected chi connectivity index (χ1v) is 11.8. The number of methoxy groups -OCH3 is 1. The average Bonchev–Trinajstić information content (AvgIpc) is 3.29. The molecule has 0 spiro atoms. The predicted molar refractivity (Wildman–Crippen MR) is 131 cm³/mol. The minimum Gasteiger partial charge on any atom is -0.497 e. The van der Waals surface area contributed by atoms with E-state index >= 15 is 0 Å². The molecule has 200 valence electrons. The van der Waals surface area contributed by atoms with Gasteiger partial charge in [0, 0.05) is 32.2 Å². The number of carbonyl (C=O) groups excluding carboxylic acids is 3. The molecule has 0 unspecified atom stereocenters. The number of urea groups is 1. The van der Waals surface area contributed by atoms with E-state index in [-0.39, 0.29) is 18.3 Å². The second-order valence-electron chi connectivity index (χ2n) is 8.56. The van der Waals surface area contributed by atoms with E-state index in [0.717, 1.165) is 36.4 Å². The van der Waals surface area contributed by atoms with Crippen molar-refractivity contribution in [1.82, 2.24) is 20.9 Å². The van der Waals surface area contributed by atoms with Gasteiger partial charge in [-0.1, -0.05) is 12.1 Å². The van der Waals surface area contributed by atoms with E-state index in [1.165, 1.54) is 0 Å². The number of amides is 4. The highest BCUT2D eigenvalue weighted by atomic mass is 19.4. The van der Waals surface area contributed by atoms with Crippen LogP contribution in [0.3, 0.4) is 0 Å². The Morgan fingerprint density at radius 2 is 1.81 bits per heavy atom. The fraction of sp³-hybridized carbons (Fsp3) is 0.400. The van der Waals surface area contributed by atoms with Gasteiger partial charge in [0.05, 0.1) is 30.5 Å². The van der Waals surface area contributed by atoms with Crippen molar-refractivity contribution in [2.45, 2.75) is 32.1 Å². The van der Waals surface area contributed by atoms with Gasteiger partial charge >= 0.3 is 12.2 Å². The summed E-state index contributed by atoms with van der Waals surface area (Å²) >= 11 is 0. The lowest BCUT2D eigenvalue weighted by Crippen LogP contribution is -2.43. The predicted octanol–water partition coefficient (Wildman–Crippen LogP) is 2.98. The number of hydrogen-bond donors (Lipinski definition) is 4. The summed E-state index contributed by atoms with van der Waals surface area (Å²) in [5, 5.41) is 9.99. The van der Waals surface area contributed by atoms with Crippen LogP contribution in [0.25, 0.3) is 0 Å². The molecule has 0 radical (unpaired) electrons. The monoisotopic (exact) mass is 521 g/mol. The molecular formula is C25H30F3N5O4. The number of benzene rings is 2. The minimum atomic E-state index is -4.68. The lowest BCUT2D eigenvalue weighted by molar-refractivity contribution is -0.137. The number of anilines is 1. The van der Waals surface area contributed by atoms with E-state index in [1.54, 1.807) is 14.0 Å². The highest BCUT2D eigenvalue weighted by molar-refractivity contribution is 6.04. The molecule has 0 aliphatic carbocycles. The van der Waals surface area contributed by atoms with Crippen LogP contribution in [-0.2, 0) is 17.5 Å². The van der Waals surface area contributed by atoms with E-state index in [2.05, 4.69) is 26.2 Å². The number of rotatable bonds is 9. The molecule has 3 rings (SSSR count). The first-order chi connectivity index (χ1) is 17.6. The van der Waals surface area contributed by atoms with Crippen molar-refractivity contribution in [3.63, 3.8) is 0 Å². The van der Waals surface area contributed by atoms with Crippen molar-refractivity contribution in [2.24, 2.45) is 0 Å². The molecule has 1 heterocycles. The van der Waals surface area contributed by atoms with Gasteiger partial charge in [-0.25, -0.2) is 4.79 Å². The Bertz CT molecular complexity index is 1110. The third-order valence-corrected chi connectivity index (χ3v) is 5.79. The Hall–Kier alpha value is -3.80. The van der Waals surface area contributed by atoms with Crippen LogP contribution in [0, 0.1) is 0 Å². The maximum absolute atomic E-state index is 13.2. The van der Waals surface area contributed by atoms with E-state index in [1.807, 2.05) is 24.3 Å². The fourth-order valence-corrected chi connectivity index (χ4v) is 3.96. The Morgan fingerprint density at radius 1 is 1.08 bits per heavy atom.